The molecule has 22 heavy (non-hydrogen) atoms. The van der Waals surface area contributed by atoms with Crippen LogP contribution >= 0.6 is 11.3 Å². The summed E-state index contributed by atoms with van der Waals surface area (Å²) >= 11 is 1.55. The Labute approximate surface area is 133 Å². The molecule has 1 N–H and O–H groups in total. The molecular weight excluding hydrogens is 320 g/mol. The van der Waals surface area contributed by atoms with Gasteiger partial charge in [0.15, 0.2) is 0 Å². The first-order valence-electron chi connectivity index (χ1n) is 6.90. The smallest absolute Gasteiger partial charge is 0.240 e. The SMILES string of the molecule is CNS(=O)(=O)c1ccc2c(c1)N(C(=O)Cc1cccs1)CC2. The maximum atomic E-state index is 12.5. The molecule has 0 spiro atoms. The van der Waals surface area contributed by atoms with Crippen LogP contribution in [0.15, 0.2) is 40.6 Å². The standard InChI is InChI=1S/C15H16N2O3S2/c1-16-22(19,20)13-5-4-11-6-7-17(14(11)10-13)15(18)9-12-3-2-8-21-12/h2-5,8,10,16H,6-7,9H2,1H3. The van der Waals surface area contributed by atoms with Crippen LogP contribution in [-0.4, -0.2) is 27.9 Å². The first-order valence-corrected chi connectivity index (χ1v) is 9.27. The lowest BCUT2D eigenvalue weighted by atomic mass is 10.2. The van der Waals surface area contributed by atoms with Crippen molar-refractivity contribution in [2.75, 3.05) is 18.5 Å². The molecule has 3 rings (SSSR count). The van der Waals surface area contributed by atoms with E-state index in [1.54, 1.807) is 34.4 Å². The number of rotatable bonds is 4. The lowest BCUT2D eigenvalue weighted by molar-refractivity contribution is -0.117. The molecule has 2 aromatic rings. The van der Waals surface area contributed by atoms with Gasteiger partial charge in [-0.25, -0.2) is 13.1 Å². The number of sulfonamides is 1. The fraction of sp³-hybridized carbons (Fsp3) is 0.267. The monoisotopic (exact) mass is 336 g/mol. The predicted molar refractivity (Wildman–Crippen MR) is 86.8 cm³/mol. The van der Waals surface area contributed by atoms with Crippen LogP contribution in [0.4, 0.5) is 5.69 Å². The third kappa shape index (κ3) is 2.79. The Morgan fingerprint density at radius 2 is 2.18 bits per heavy atom. The maximum absolute atomic E-state index is 12.5. The average Bonchev–Trinajstić information content (AvgIpc) is 3.15. The zero-order valence-corrected chi connectivity index (χ0v) is 13.7. The second-order valence-corrected chi connectivity index (χ2v) is 7.97. The molecule has 1 aromatic carbocycles. The van der Waals surface area contributed by atoms with Gasteiger partial charge in [0.2, 0.25) is 15.9 Å². The fourth-order valence-electron chi connectivity index (χ4n) is 2.56. The van der Waals surface area contributed by atoms with E-state index < -0.39 is 10.0 Å². The number of benzene rings is 1. The van der Waals surface area contributed by atoms with Crippen molar-refractivity contribution in [3.05, 3.63) is 46.2 Å². The first-order chi connectivity index (χ1) is 10.5. The van der Waals surface area contributed by atoms with E-state index in [1.165, 1.54) is 7.05 Å². The lowest BCUT2D eigenvalue weighted by Crippen LogP contribution is -2.30. The highest BCUT2D eigenvalue weighted by molar-refractivity contribution is 7.89. The largest absolute Gasteiger partial charge is 0.311 e. The van der Waals surface area contributed by atoms with Gasteiger partial charge in [0.1, 0.15) is 0 Å². The average molecular weight is 336 g/mol. The summed E-state index contributed by atoms with van der Waals surface area (Å²) in [4.78, 5) is 15.4. The van der Waals surface area contributed by atoms with Gasteiger partial charge in [-0.15, -0.1) is 11.3 Å². The van der Waals surface area contributed by atoms with Gasteiger partial charge in [-0.2, -0.15) is 0 Å². The second-order valence-electron chi connectivity index (χ2n) is 5.05. The van der Waals surface area contributed by atoms with Crippen LogP contribution in [0.25, 0.3) is 0 Å². The van der Waals surface area contributed by atoms with E-state index in [-0.39, 0.29) is 10.8 Å². The number of hydrogen-bond donors (Lipinski definition) is 1. The number of hydrogen-bond acceptors (Lipinski definition) is 4. The van der Waals surface area contributed by atoms with Gasteiger partial charge >= 0.3 is 0 Å². The minimum absolute atomic E-state index is 0.000190. The zero-order chi connectivity index (χ0) is 15.7. The van der Waals surface area contributed by atoms with Crippen LogP contribution in [0.3, 0.4) is 0 Å². The maximum Gasteiger partial charge on any atom is 0.240 e. The van der Waals surface area contributed by atoms with E-state index in [0.29, 0.717) is 18.7 Å². The quantitative estimate of drug-likeness (QED) is 0.926. The van der Waals surface area contributed by atoms with Crippen molar-refractivity contribution in [3.63, 3.8) is 0 Å². The van der Waals surface area contributed by atoms with E-state index >= 15 is 0 Å². The van der Waals surface area contributed by atoms with E-state index in [1.807, 2.05) is 17.5 Å². The summed E-state index contributed by atoms with van der Waals surface area (Å²) in [6, 6.07) is 8.81. The highest BCUT2D eigenvalue weighted by atomic mass is 32.2. The topological polar surface area (TPSA) is 66.5 Å². The van der Waals surface area contributed by atoms with E-state index in [2.05, 4.69) is 4.72 Å². The molecule has 0 radical (unpaired) electrons. The molecule has 7 heteroatoms. The van der Waals surface area contributed by atoms with Crippen LogP contribution < -0.4 is 9.62 Å². The molecule has 1 aliphatic rings. The molecule has 5 nitrogen and oxygen atoms in total. The molecule has 2 heterocycles. The minimum atomic E-state index is -3.50. The van der Waals surface area contributed by atoms with Crippen molar-refractivity contribution < 1.29 is 13.2 Å². The number of nitrogens with one attached hydrogen (secondary N) is 1. The molecule has 0 bridgehead atoms. The normalized spacial score (nSPS) is 14.1. The first kappa shape index (κ1) is 15.2. The molecule has 0 fully saturated rings. The van der Waals surface area contributed by atoms with Gasteiger partial charge in [-0.3, -0.25) is 4.79 Å². The van der Waals surface area contributed by atoms with E-state index in [0.717, 1.165) is 16.9 Å². The second kappa shape index (κ2) is 5.83. The molecule has 1 aliphatic heterocycles. The van der Waals surface area contributed by atoms with Gasteiger partial charge in [0.25, 0.3) is 0 Å². The Bertz CT molecular complexity index is 798. The predicted octanol–water partition coefficient (Wildman–Crippen LogP) is 1.79. The van der Waals surface area contributed by atoms with Crippen LogP contribution in [-0.2, 0) is 27.7 Å². The number of thiophene rings is 1. The van der Waals surface area contributed by atoms with Crippen LogP contribution in [0.1, 0.15) is 10.4 Å². The molecule has 1 amide bonds. The Kier molecular flexibility index (Phi) is 4.03. The molecule has 0 unspecified atom stereocenters. The van der Waals surface area contributed by atoms with E-state index in [4.69, 9.17) is 0 Å². The number of amides is 1. The van der Waals surface area contributed by atoms with Gasteiger partial charge in [-0.05, 0) is 42.6 Å². The van der Waals surface area contributed by atoms with Crippen molar-refractivity contribution in [1.82, 2.24) is 4.72 Å². The number of carbonyl (C=O) groups excluding carboxylic acids is 1. The summed E-state index contributed by atoms with van der Waals surface area (Å²) < 4.78 is 26.1. The lowest BCUT2D eigenvalue weighted by Gasteiger charge is -2.17. The molecule has 0 saturated carbocycles. The molecule has 0 saturated heterocycles. The molecular formula is C15H16N2O3S2. The van der Waals surface area contributed by atoms with Crippen molar-refractivity contribution in [1.29, 1.82) is 0 Å². The number of anilines is 1. The summed E-state index contributed by atoms with van der Waals surface area (Å²) in [6.07, 6.45) is 1.10. The molecule has 116 valence electrons. The minimum Gasteiger partial charge on any atom is -0.311 e. The van der Waals surface area contributed by atoms with Crippen LogP contribution in [0, 0.1) is 0 Å². The van der Waals surface area contributed by atoms with Crippen molar-refractivity contribution >= 4 is 33.0 Å². The van der Waals surface area contributed by atoms with Crippen molar-refractivity contribution in [2.45, 2.75) is 17.7 Å². The third-order valence-electron chi connectivity index (χ3n) is 3.74. The third-order valence-corrected chi connectivity index (χ3v) is 6.03. The van der Waals surface area contributed by atoms with Crippen molar-refractivity contribution in [2.24, 2.45) is 0 Å². The van der Waals surface area contributed by atoms with Crippen LogP contribution in [0.5, 0.6) is 0 Å². The highest BCUT2D eigenvalue weighted by Gasteiger charge is 2.26. The Morgan fingerprint density at radius 3 is 2.86 bits per heavy atom. The summed E-state index contributed by atoms with van der Waals surface area (Å²) in [5.74, 6) is 0.000190. The van der Waals surface area contributed by atoms with Gasteiger partial charge in [-0.1, -0.05) is 12.1 Å². The van der Waals surface area contributed by atoms with Gasteiger partial charge in [0.05, 0.1) is 11.3 Å². The Morgan fingerprint density at radius 1 is 1.36 bits per heavy atom. The molecule has 0 atom stereocenters. The summed E-state index contributed by atoms with van der Waals surface area (Å²) in [6.45, 7) is 0.600. The van der Waals surface area contributed by atoms with Crippen LogP contribution in [0.2, 0.25) is 0 Å². The van der Waals surface area contributed by atoms with E-state index in [9.17, 15) is 13.2 Å². The summed E-state index contributed by atoms with van der Waals surface area (Å²) in [7, 11) is -2.13. The fourth-order valence-corrected chi connectivity index (χ4v) is 4.01. The number of fused-ring (bicyclic) bond motifs is 1. The zero-order valence-electron chi connectivity index (χ0n) is 12.1. The highest BCUT2D eigenvalue weighted by Crippen LogP contribution is 2.31. The number of carbonyl (C=O) groups is 1. The van der Waals surface area contributed by atoms with Gasteiger partial charge < -0.3 is 4.90 Å². The number of nitrogens with zero attached hydrogens (tertiary/aromatic N) is 1. The summed E-state index contributed by atoms with van der Waals surface area (Å²) in [5, 5.41) is 1.94. The van der Waals surface area contributed by atoms with Crippen molar-refractivity contribution in [3.8, 4) is 0 Å². The molecule has 1 aromatic heterocycles. The molecule has 0 aliphatic carbocycles. The Hall–Kier alpha value is -1.70. The summed E-state index contributed by atoms with van der Waals surface area (Å²) in [5.41, 5.74) is 1.72. The van der Waals surface area contributed by atoms with Gasteiger partial charge in [0, 0.05) is 17.1 Å². The Balaban J connectivity index is 1.90.